The van der Waals surface area contributed by atoms with E-state index in [9.17, 15) is 4.79 Å². The van der Waals surface area contributed by atoms with Gasteiger partial charge < -0.3 is 15.2 Å². The number of benzene rings is 3. The van der Waals surface area contributed by atoms with E-state index in [1.165, 1.54) is 6.07 Å². The van der Waals surface area contributed by atoms with Gasteiger partial charge in [-0.05, 0) is 41.5 Å². The Hall–Kier alpha value is -2.98. The van der Waals surface area contributed by atoms with Crippen LogP contribution in [0.2, 0.25) is 5.02 Å². The highest BCUT2D eigenvalue weighted by Gasteiger charge is 2.09. The molecule has 4 nitrogen and oxygen atoms in total. The molecule has 132 valence electrons. The van der Waals surface area contributed by atoms with Gasteiger partial charge in [-0.25, -0.2) is 4.79 Å². The van der Waals surface area contributed by atoms with Gasteiger partial charge in [0.1, 0.15) is 12.4 Å². The lowest BCUT2D eigenvalue weighted by Crippen LogP contribution is -2.03. The van der Waals surface area contributed by atoms with E-state index in [1.807, 2.05) is 54.6 Å². The molecule has 0 atom stereocenters. The zero-order valence-corrected chi connectivity index (χ0v) is 14.7. The van der Waals surface area contributed by atoms with E-state index in [1.54, 1.807) is 12.1 Å². The molecule has 3 aromatic rings. The molecular formula is C21H18ClNO3. The first-order chi connectivity index (χ1) is 12.6. The summed E-state index contributed by atoms with van der Waals surface area (Å²) in [6, 6.07) is 22.6. The first kappa shape index (κ1) is 17.8. The molecule has 0 aliphatic heterocycles. The number of carbonyl (C=O) groups is 1. The van der Waals surface area contributed by atoms with Crippen LogP contribution in [0.5, 0.6) is 5.75 Å². The van der Waals surface area contributed by atoms with Gasteiger partial charge in [0.25, 0.3) is 0 Å². The van der Waals surface area contributed by atoms with Crippen LogP contribution >= 0.6 is 11.6 Å². The largest absolute Gasteiger partial charge is 0.489 e. The molecule has 0 unspecified atom stereocenters. The second-order valence-electron chi connectivity index (χ2n) is 5.77. The molecule has 2 N–H and O–H groups in total. The summed E-state index contributed by atoms with van der Waals surface area (Å²) in [5.74, 6) is -0.240. The van der Waals surface area contributed by atoms with E-state index in [0.29, 0.717) is 18.8 Å². The van der Waals surface area contributed by atoms with Crippen molar-refractivity contribution in [2.24, 2.45) is 0 Å². The third-order valence-corrected chi connectivity index (χ3v) is 4.19. The second kappa shape index (κ2) is 8.41. The topological polar surface area (TPSA) is 58.6 Å². The highest BCUT2D eigenvalue weighted by atomic mass is 35.5. The highest BCUT2D eigenvalue weighted by Crippen LogP contribution is 2.21. The molecule has 0 saturated carbocycles. The maximum absolute atomic E-state index is 11.1. The Bertz CT molecular complexity index is 880. The quantitative estimate of drug-likeness (QED) is 0.600. The number of carboxylic acid groups (broad SMARTS) is 1. The number of carboxylic acids is 1. The first-order valence-corrected chi connectivity index (χ1v) is 8.52. The third kappa shape index (κ3) is 4.77. The average molecular weight is 368 g/mol. The van der Waals surface area contributed by atoms with Crippen LogP contribution in [0, 0.1) is 0 Å². The average Bonchev–Trinajstić information content (AvgIpc) is 2.67. The maximum Gasteiger partial charge on any atom is 0.337 e. The number of ether oxygens (including phenoxy) is 1. The predicted molar refractivity (Wildman–Crippen MR) is 103 cm³/mol. The molecule has 26 heavy (non-hydrogen) atoms. The van der Waals surface area contributed by atoms with Crippen LogP contribution in [0.25, 0.3) is 0 Å². The lowest BCUT2D eigenvalue weighted by atomic mass is 10.1. The number of hydrogen-bond acceptors (Lipinski definition) is 3. The molecule has 0 saturated heterocycles. The molecule has 0 amide bonds. The first-order valence-electron chi connectivity index (χ1n) is 8.14. The Morgan fingerprint density at radius 2 is 1.69 bits per heavy atom. The van der Waals surface area contributed by atoms with E-state index in [2.05, 4.69) is 5.32 Å². The van der Waals surface area contributed by atoms with Gasteiger partial charge in [-0.3, -0.25) is 0 Å². The van der Waals surface area contributed by atoms with Gasteiger partial charge in [0.15, 0.2) is 0 Å². The van der Waals surface area contributed by atoms with Gasteiger partial charge in [-0.1, -0.05) is 54.1 Å². The number of rotatable bonds is 7. The van der Waals surface area contributed by atoms with Gasteiger partial charge in [0, 0.05) is 12.2 Å². The van der Waals surface area contributed by atoms with E-state index >= 15 is 0 Å². The zero-order chi connectivity index (χ0) is 18.4. The Morgan fingerprint density at radius 3 is 2.38 bits per heavy atom. The fraction of sp³-hybridized carbons (Fsp3) is 0.0952. The van der Waals surface area contributed by atoms with Gasteiger partial charge in [-0.15, -0.1) is 0 Å². The molecule has 3 aromatic carbocycles. The fourth-order valence-corrected chi connectivity index (χ4v) is 2.65. The van der Waals surface area contributed by atoms with Crippen molar-refractivity contribution in [3.63, 3.8) is 0 Å². The molecule has 0 aliphatic carbocycles. The third-order valence-electron chi connectivity index (χ3n) is 3.87. The van der Waals surface area contributed by atoms with Crippen LogP contribution in [0.1, 0.15) is 21.5 Å². The molecule has 0 heterocycles. The van der Waals surface area contributed by atoms with E-state index < -0.39 is 5.97 Å². The van der Waals surface area contributed by atoms with Crippen molar-refractivity contribution in [1.82, 2.24) is 0 Å². The Morgan fingerprint density at radius 1 is 0.962 bits per heavy atom. The van der Waals surface area contributed by atoms with Gasteiger partial charge in [-0.2, -0.15) is 0 Å². The lowest BCUT2D eigenvalue weighted by molar-refractivity contribution is 0.0697. The highest BCUT2D eigenvalue weighted by molar-refractivity contribution is 6.33. The molecule has 0 radical (unpaired) electrons. The zero-order valence-electron chi connectivity index (χ0n) is 14.0. The van der Waals surface area contributed by atoms with Gasteiger partial charge in [0.05, 0.1) is 10.6 Å². The van der Waals surface area contributed by atoms with Crippen LogP contribution in [-0.2, 0) is 13.2 Å². The molecule has 0 spiro atoms. The molecule has 0 aromatic heterocycles. The predicted octanol–water partition coefficient (Wildman–Crippen LogP) is 5.23. The number of aromatic carboxylic acids is 1. The van der Waals surface area contributed by atoms with Crippen molar-refractivity contribution in [2.45, 2.75) is 13.2 Å². The molecule has 5 heteroatoms. The number of anilines is 1. The molecule has 0 fully saturated rings. The van der Waals surface area contributed by atoms with Crippen molar-refractivity contribution in [2.75, 3.05) is 5.32 Å². The minimum absolute atomic E-state index is 0.0846. The molecular weight excluding hydrogens is 350 g/mol. The smallest absolute Gasteiger partial charge is 0.337 e. The molecule has 3 rings (SSSR count). The molecule has 0 aliphatic rings. The lowest BCUT2D eigenvalue weighted by Gasteiger charge is -2.10. The SMILES string of the molecule is O=C(O)c1cc(NCc2ccc(OCc3ccccc3)cc2)ccc1Cl. The van der Waals surface area contributed by atoms with Crippen LogP contribution in [-0.4, -0.2) is 11.1 Å². The van der Waals surface area contributed by atoms with E-state index in [4.69, 9.17) is 21.4 Å². The summed E-state index contributed by atoms with van der Waals surface area (Å²) in [6.45, 7) is 1.10. The van der Waals surface area contributed by atoms with Crippen molar-refractivity contribution < 1.29 is 14.6 Å². The fourth-order valence-electron chi connectivity index (χ4n) is 2.45. The normalized spacial score (nSPS) is 10.3. The second-order valence-corrected chi connectivity index (χ2v) is 6.18. The summed E-state index contributed by atoms with van der Waals surface area (Å²) in [4.78, 5) is 11.1. The van der Waals surface area contributed by atoms with Crippen molar-refractivity contribution in [1.29, 1.82) is 0 Å². The van der Waals surface area contributed by atoms with Crippen molar-refractivity contribution >= 4 is 23.3 Å². The Labute approximate surface area is 157 Å². The summed E-state index contributed by atoms with van der Waals surface area (Å²) < 4.78 is 5.76. The van der Waals surface area contributed by atoms with Crippen LogP contribution < -0.4 is 10.1 Å². The minimum atomic E-state index is -1.04. The van der Waals surface area contributed by atoms with Crippen LogP contribution in [0.4, 0.5) is 5.69 Å². The van der Waals surface area contributed by atoms with Crippen molar-refractivity contribution in [3.05, 3.63) is 94.5 Å². The number of nitrogens with one attached hydrogen (secondary N) is 1. The summed E-state index contributed by atoms with van der Waals surface area (Å²) in [5, 5.41) is 12.5. The number of hydrogen-bond donors (Lipinski definition) is 2. The summed E-state index contributed by atoms with van der Waals surface area (Å²) in [7, 11) is 0. The van der Waals surface area contributed by atoms with E-state index in [0.717, 1.165) is 16.9 Å². The monoisotopic (exact) mass is 367 g/mol. The Kier molecular flexibility index (Phi) is 5.77. The number of halogens is 1. The Balaban J connectivity index is 1.56. The molecule has 0 bridgehead atoms. The van der Waals surface area contributed by atoms with Crippen molar-refractivity contribution in [3.8, 4) is 5.75 Å². The van der Waals surface area contributed by atoms with Gasteiger partial charge in [0.2, 0.25) is 0 Å². The summed E-state index contributed by atoms with van der Waals surface area (Å²) >= 11 is 5.88. The van der Waals surface area contributed by atoms with Crippen LogP contribution in [0.3, 0.4) is 0 Å². The standard InChI is InChI=1S/C21H18ClNO3/c22-20-11-8-17(12-19(20)21(24)25)23-13-15-6-9-18(10-7-15)26-14-16-4-2-1-3-5-16/h1-12,23H,13-14H2,(H,24,25). The van der Waals surface area contributed by atoms with Crippen LogP contribution in [0.15, 0.2) is 72.8 Å². The van der Waals surface area contributed by atoms with Gasteiger partial charge >= 0.3 is 5.97 Å². The summed E-state index contributed by atoms with van der Waals surface area (Å²) in [6.07, 6.45) is 0. The maximum atomic E-state index is 11.1. The summed E-state index contributed by atoms with van der Waals surface area (Å²) in [5.41, 5.74) is 2.97. The minimum Gasteiger partial charge on any atom is -0.489 e. The van der Waals surface area contributed by atoms with E-state index in [-0.39, 0.29) is 10.6 Å².